The number of hydrogen-bond acceptors (Lipinski definition) is 6. The minimum absolute atomic E-state index is 0.0539. The van der Waals surface area contributed by atoms with Crippen LogP contribution in [0.4, 0.5) is 5.69 Å². The second-order valence-electron chi connectivity index (χ2n) is 6.60. The van der Waals surface area contributed by atoms with Gasteiger partial charge in [-0.25, -0.2) is 9.67 Å². The first-order chi connectivity index (χ1) is 13.6. The molecule has 0 radical (unpaired) electrons. The molecule has 0 bridgehead atoms. The molecule has 4 rings (SSSR count). The fourth-order valence-electron chi connectivity index (χ4n) is 3.32. The van der Waals surface area contributed by atoms with Crippen molar-refractivity contribution in [2.24, 2.45) is 0 Å². The summed E-state index contributed by atoms with van der Waals surface area (Å²) >= 11 is 5.94. The van der Waals surface area contributed by atoms with Crippen molar-refractivity contribution in [2.45, 2.75) is 20.0 Å². The third-order valence-corrected chi connectivity index (χ3v) is 5.17. The minimum atomic E-state index is -0.349. The first kappa shape index (κ1) is 18.4. The van der Waals surface area contributed by atoms with Gasteiger partial charge in [-0.15, -0.1) is 5.10 Å². The van der Waals surface area contributed by atoms with Crippen LogP contribution in [0.2, 0.25) is 5.02 Å². The molecule has 0 unspecified atom stereocenters. The first-order valence-electron chi connectivity index (χ1n) is 9.13. The lowest BCUT2D eigenvalue weighted by Crippen LogP contribution is -2.50. The number of piperazine rings is 1. The van der Waals surface area contributed by atoms with Crippen LogP contribution < -0.4 is 10.5 Å². The minimum Gasteiger partial charge on any atom is -0.368 e. The van der Waals surface area contributed by atoms with Gasteiger partial charge in [-0.05, 0) is 31.2 Å². The molecule has 3 aromatic rings. The van der Waals surface area contributed by atoms with Crippen LogP contribution in [-0.2, 0) is 17.9 Å². The van der Waals surface area contributed by atoms with Crippen molar-refractivity contribution in [2.75, 3.05) is 31.1 Å². The lowest BCUT2D eigenvalue weighted by atomic mass is 10.2. The fourth-order valence-corrected chi connectivity index (χ4v) is 3.45. The number of fused-ring (bicyclic) bond motifs is 1. The standard InChI is InChI=1S/C18H20ClN7O2/c1-2-26-17-16(21-22-26)18(28)25(12-20-17)11-15(27)24-9-7-23(8-10-24)14-5-3-13(19)4-6-14/h3-6,12H,2,7-11H2,1H3. The zero-order valence-electron chi connectivity index (χ0n) is 15.5. The predicted octanol–water partition coefficient (Wildman–Crippen LogP) is 1.01. The number of carbonyl (C=O) groups excluding carboxylic acids is 1. The Kier molecular flexibility index (Phi) is 4.99. The molecule has 0 N–H and O–H groups in total. The summed E-state index contributed by atoms with van der Waals surface area (Å²) in [6.07, 6.45) is 1.39. The molecule has 28 heavy (non-hydrogen) atoms. The van der Waals surface area contributed by atoms with E-state index in [4.69, 9.17) is 11.6 Å². The molecule has 1 aliphatic rings. The van der Waals surface area contributed by atoms with Gasteiger partial charge in [0, 0.05) is 43.4 Å². The van der Waals surface area contributed by atoms with E-state index in [0.717, 1.165) is 18.8 Å². The molecule has 1 fully saturated rings. The Hall–Kier alpha value is -2.94. The van der Waals surface area contributed by atoms with Gasteiger partial charge in [0.1, 0.15) is 12.9 Å². The van der Waals surface area contributed by atoms with Crippen LogP contribution in [0.15, 0.2) is 35.4 Å². The highest BCUT2D eigenvalue weighted by Crippen LogP contribution is 2.19. The van der Waals surface area contributed by atoms with Crippen molar-refractivity contribution in [1.82, 2.24) is 29.4 Å². The van der Waals surface area contributed by atoms with Gasteiger partial charge in [0.05, 0.1) is 0 Å². The van der Waals surface area contributed by atoms with Gasteiger partial charge in [0.25, 0.3) is 5.56 Å². The number of rotatable bonds is 4. The average Bonchev–Trinajstić information content (AvgIpc) is 3.15. The van der Waals surface area contributed by atoms with Crippen molar-refractivity contribution in [3.8, 4) is 0 Å². The molecular formula is C18H20ClN7O2. The second-order valence-corrected chi connectivity index (χ2v) is 7.04. The fraction of sp³-hybridized carbons (Fsp3) is 0.389. The van der Waals surface area contributed by atoms with Crippen molar-refractivity contribution >= 4 is 34.4 Å². The van der Waals surface area contributed by atoms with Gasteiger partial charge in [0.2, 0.25) is 5.91 Å². The Balaban J connectivity index is 1.42. The molecule has 9 nitrogen and oxygen atoms in total. The Labute approximate surface area is 166 Å². The normalized spacial score (nSPS) is 14.6. The number of benzene rings is 1. The molecule has 10 heteroatoms. The maximum atomic E-state index is 12.7. The first-order valence-corrected chi connectivity index (χ1v) is 9.51. The summed E-state index contributed by atoms with van der Waals surface area (Å²) in [6, 6.07) is 7.67. The summed E-state index contributed by atoms with van der Waals surface area (Å²) in [6.45, 7) is 5.06. The van der Waals surface area contributed by atoms with Gasteiger partial charge in [0.15, 0.2) is 11.2 Å². The Bertz CT molecular complexity index is 1050. The molecule has 2 aromatic heterocycles. The van der Waals surface area contributed by atoms with Gasteiger partial charge in [-0.2, -0.15) is 0 Å². The molecule has 0 atom stereocenters. The summed E-state index contributed by atoms with van der Waals surface area (Å²) in [7, 11) is 0. The third-order valence-electron chi connectivity index (χ3n) is 4.92. The van der Waals surface area contributed by atoms with E-state index in [9.17, 15) is 9.59 Å². The van der Waals surface area contributed by atoms with Crippen LogP contribution in [0.5, 0.6) is 0 Å². The smallest absolute Gasteiger partial charge is 0.283 e. The molecule has 1 aliphatic heterocycles. The van der Waals surface area contributed by atoms with Crippen molar-refractivity contribution in [3.63, 3.8) is 0 Å². The quantitative estimate of drug-likeness (QED) is 0.648. The molecule has 1 amide bonds. The molecule has 0 saturated carbocycles. The molecular weight excluding hydrogens is 382 g/mol. The van der Waals surface area contributed by atoms with Crippen LogP contribution in [0.1, 0.15) is 6.92 Å². The predicted molar refractivity (Wildman–Crippen MR) is 106 cm³/mol. The van der Waals surface area contributed by atoms with E-state index in [0.29, 0.717) is 30.3 Å². The highest BCUT2D eigenvalue weighted by Gasteiger charge is 2.22. The zero-order valence-corrected chi connectivity index (χ0v) is 16.2. The summed E-state index contributed by atoms with van der Waals surface area (Å²) < 4.78 is 2.85. The van der Waals surface area contributed by atoms with E-state index in [1.54, 1.807) is 9.58 Å². The number of hydrogen-bond donors (Lipinski definition) is 0. The summed E-state index contributed by atoms with van der Waals surface area (Å²) in [5, 5.41) is 8.51. The topological polar surface area (TPSA) is 89.1 Å². The molecule has 0 spiro atoms. The summed E-state index contributed by atoms with van der Waals surface area (Å²) in [5.74, 6) is -0.109. The Morgan fingerprint density at radius 2 is 1.86 bits per heavy atom. The highest BCUT2D eigenvalue weighted by molar-refractivity contribution is 6.30. The Morgan fingerprint density at radius 3 is 2.54 bits per heavy atom. The van der Waals surface area contributed by atoms with Crippen LogP contribution in [0.25, 0.3) is 11.2 Å². The van der Waals surface area contributed by atoms with Gasteiger partial charge >= 0.3 is 0 Å². The van der Waals surface area contributed by atoms with E-state index in [-0.39, 0.29) is 23.5 Å². The van der Waals surface area contributed by atoms with Gasteiger partial charge < -0.3 is 9.80 Å². The number of aryl methyl sites for hydroxylation is 1. The second kappa shape index (κ2) is 7.59. The molecule has 0 aliphatic carbocycles. The summed E-state index contributed by atoms with van der Waals surface area (Å²) in [4.78, 5) is 33.4. The number of nitrogens with zero attached hydrogens (tertiary/aromatic N) is 7. The van der Waals surface area contributed by atoms with E-state index in [1.165, 1.54) is 10.9 Å². The third kappa shape index (κ3) is 3.45. The maximum absolute atomic E-state index is 12.7. The molecule has 146 valence electrons. The van der Waals surface area contributed by atoms with E-state index in [1.807, 2.05) is 31.2 Å². The van der Waals surface area contributed by atoms with E-state index in [2.05, 4.69) is 20.2 Å². The van der Waals surface area contributed by atoms with Crippen LogP contribution in [0.3, 0.4) is 0 Å². The average molecular weight is 402 g/mol. The van der Waals surface area contributed by atoms with Crippen molar-refractivity contribution < 1.29 is 4.79 Å². The summed E-state index contributed by atoms with van der Waals surface area (Å²) in [5.41, 5.74) is 1.36. The van der Waals surface area contributed by atoms with Crippen molar-refractivity contribution in [3.05, 3.63) is 46.0 Å². The SMILES string of the molecule is CCn1nnc2c(=O)n(CC(=O)N3CCN(c4ccc(Cl)cc4)CC3)cnc21. The van der Waals surface area contributed by atoms with Gasteiger partial charge in [-0.1, -0.05) is 16.8 Å². The van der Waals surface area contributed by atoms with Crippen molar-refractivity contribution in [1.29, 1.82) is 0 Å². The number of halogens is 1. The van der Waals surface area contributed by atoms with E-state index < -0.39 is 0 Å². The molecule has 1 saturated heterocycles. The van der Waals surface area contributed by atoms with E-state index >= 15 is 0 Å². The number of aromatic nitrogens is 5. The van der Waals surface area contributed by atoms with Crippen LogP contribution in [0, 0.1) is 0 Å². The van der Waals surface area contributed by atoms with Crippen LogP contribution >= 0.6 is 11.6 Å². The Morgan fingerprint density at radius 1 is 1.14 bits per heavy atom. The van der Waals surface area contributed by atoms with Crippen LogP contribution in [-0.4, -0.2) is 61.5 Å². The molecule has 1 aromatic carbocycles. The highest BCUT2D eigenvalue weighted by atomic mass is 35.5. The monoisotopic (exact) mass is 401 g/mol. The molecule has 3 heterocycles. The number of carbonyl (C=O) groups is 1. The zero-order chi connectivity index (χ0) is 19.7. The number of amides is 1. The lowest BCUT2D eigenvalue weighted by molar-refractivity contribution is -0.132. The number of anilines is 1. The van der Waals surface area contributed by atoms with Gasteiger partial charge in [-0.3, -0.25) is 14.2 Å². The maximum Gasteiger partial charge on any atom is 0.283 e. The largest absolute Gasteiger partial charge is 0.368 e. The lowest BCUT2D eigenvalue weighted by Gasteiger charge is -2.36.